The van der Waals surface area contributed by atoms with Crippen LogP contribution in [0.1, 0.15) is 12.8 Å². The third-order valence-electron chi connectivity index (χ3n) is 5.35. The van der Waals surface area contributed by atoms with Gasteiger partial charge in [-0.05, 0) is 37.1 Å². The fourth-order valence-corrected chi connectivity index (χ4v) is 3.86. The molecule has 0 spiro atoms. The molecule has 3 heterocycles. The first-order chi connectivity index (χ1) is 13.8. The van der Waals surface area contributed by atoms with Gasteiger partial charge in [-0.2, -0.15) is 0 Å². The first kappa shape index (κ1) is 16.7. The van der Waals surface area contributed by atoms with Crippen LogP contribution >= 0.6 is 0 Å². The fraction of sp³-hybridized carbons (Fsp3) is 0.227. The summed E-state index contributed by atoms with van der Waals surface area (Å²) in [4.78, 5) is 23.7. The highest BCUT2D eigenvalue weighted by molar-refractivity contribution is 6.05. The molecule has 1 aliphatic rings. The number of rotatable bonds is 3. The Morgan fingerprint density at radius 3 is 2.57 bits per heavy atom. The molecule has 6 nitrogen and oxygen atoms in total. The fourth-order valence-electron chi connectivity index (χ4n) is 3.86. The lowest BCUT2D eigenvalue weighted by Gasteiger charge is -2.31. The zero-order valence-electron chi connectivity index (χ0n) is 15.3. The Labute approximate surface area is 162 Å². The normalized spacial score (nSPS) is 15.2. The number of para-hydroxylation sites is 2. The molecule has 1 fully saturated rings. The monoisotopic (exact) mass is 372 g/mol. The molecule has 2 aromatic carbocycles. The highest BCUT2D eigenvalue weighted by Gasteiger charge is 2.27. The highest BCUT2D eigenvalue weighted by atomic mass is 16.3. The maximum Gasteiger partial charge on any atom is 0.227 e. The van der Waals surface area contributed by atoms with Crippen LogP contribution in [-0.2, 0) is 4.79 Å². The second-order valence-electron chi connectivity index (χ2n) is 7.09. The molecule has 4 aromatic rings. The summed E-state index contributed by atoms with van der Waals surface area (Å²) in [5.74, 6) is 0.898. The van der Waals surface area contributed by atoms with E-state index in [0.29, 0.717) is 0 Å². The Kier molecular flexibility index (Phi) is 4.16. The van der Waals surface area contributed by atoms with Crippen LogP contribution in [0.2, 0.25) is 0 Å². The Morgan fingerprint density at radius 1 is 1.00 bits per heavy atom. The van der Waals surface area contributed by atoms with Gasteiger partial charge < -0.3 is 14.6 Å². The Hall–Kier alpha value is -3.41. The van der Waals surface area contributed by atoms with Crippen LogP contribution < -0.4 is 10.2 Å². The maximum atomic E-state index is 12.6. The summed E-state index contributed by atoms with van der Waals surface area (Å²) >= 11 is 0. The number of piperidine rings is 1. The summed E-state index contributed by atoms with van der Waals surface area (Å²) < 4.78 is 6.04. The lowest BCUT2D eigenvalue weighted by Crippen LogP contribution is -2.38. The van der Waals surface area contributed by atoms with E-state index in [4.69, 9.17) is 4.42 Å². The number of fused-ring (bicyclic) bond motifs is 3. The molecular weight excluding hydrogens is 352 g/mol. The Balaban J connectivity index is 1.34. The number of carbonyl (C=O) groups is 1. The quantitative estimate of drug-likeness (QED) is 0.583. The van der Waals surface area contributed by atoms with Gasteiger partial charge in [0.1, 0.15) is 17.4 Å². The molecule has 1 amide bonds. The minimum Gasteiger partial charge on any atom is -0.450 e. The molecule has 2 aromatic heterocycles. The summed E-state index contributed by atoms with van der Waals surface area (Å²) in [6, 6.07) is 17.5. The summed E-state index contributed by atoms with van der Waals surface area (Å²) in [5.41, 5.74) is 3.21. The second-order valence-corrected chi connectivity index (χ2v) is 7.09. The zero-order chi connectivity index (χ0) is 18.9. The molecule has 0 radical (unpaired) electrons. The molecule has 5 rings (SSSR count). The van der Waals surface area contributed by atoms with Crippen molar-refractivity contribution >= 4 is 39.5 Å². The standard InChI is InChI=1S/C22H20N4O2/c27-22(25-16-6-2-1-3-7-16)15-10-12-26(13-11-15)21-20-19(23-14-24-21)17-8-4-5-9-18(17)28-20/h1-9,14-15H,10-13H2,(H,25,27). The van der Waals surface area contributed by atoms with Gasteiger partial charge in [-0.1, -0.05) is 30.3 Å². The second kappa shape index (κ2) is 6.96. The smallest absolute Gasteiger partial charge is 0.227 e. The predicted octanol–water partition coefficient (Wildman–Crippen LogP) is 4.23. The molecule has 28 heavy (non-hydrogen) atoms. The van der Waals surface area contributed by atoms with Crippen LogP contribution in [0.25, 0.3) is 22.1 Å². The van der Waals surface area contributed by atoms with Gasteiger partial charge >= 0.3 is 0 Å². The van der Waals surface area contributed by atoms with Crippen LogP contribution in [0.5, 0.6) is 0 Å². The van der Waals surface area contributed by atoms with Gasteiger partial charge in [0.15, 0.2) is 11.4 Å². The SMILES string of the molecule is O=C(Nc1ccccc1)C1CCN(c2ncnc3c2oc2ccccc23)CC1. The molecule has 0 atom stereocenters. The lowest BCUT2D eigenvalue weighted by molar-refractivity contribution is -0.120. The van der Waals surface area contributed by atoms with Crippen LogP contribution in [0.4, 0.5) is 11.5 Å². The summed E-state index contributed by atoms with van der Waals surface area (Å²) in [6.07, 6.45) is 3.16. The minimum absolute atomic E-state index is 0.00413. The number of carbonyl (C=O) groups excluding carboxylic acids is 1. The third kappa shape index (κ3) is 2.97. The van der Waals surface area contributed by atoms with E-state index in [2.05, 4.69) is 20.2 Å². The first-order valence-corrected chi connectivity index (χ1v) is 9.53. The van der Waals surface area contributed by atoms with Crippen molar-refractivity contribution in [2.24, 2.45) is 5.92 Å². The molecule has 1 aliphatic heterocycles. The van der Waals surface area contributed by atoms with Gasteiger partial charge in [0.2, 0.25) is 5.91 Å². The molecule has 1 N–H and O–H groups in total. The largest absolute Gasteiger partial charge is 0.450 e. The molecular formula is C22H20N4O2. The lowest BCUT2D eigenvalue weighted by atomic mass is 9.95. The van der Waals surface area contributed by atoms with Gasteiger partial charge in [-0.15, -0.1) is 0 Å². The van der Waals surface area contributed by atoms with Crippen molar-refractivity contribution in [1.29, 1.82) is 0 Å². The van der Waals surface area contributed by atoms with Crippen LogP contribution in [0.3, 0.4) is 0 Å². The first-order valence-electron chi connectivity index (χ1n) is 9.53. The number of furan rings is 1. The number of benzene rings is 2. The van der Waals surface area contributed by atoms with E-state index < -0.39 is 0 Å². The summed E-state index contributed by atoms with van der Waals surface area (Å²) in [7, 11) is 0. The van der Waals surface area contributed by atoms with Gasteiger partial charge in [0.25, 0.3) is 0 Å². The van der Waals surface area contributed by atoms with Crippen molar-refractivity contribution in [3.05, 3.63) is 60.9 Å². The van der Waals surface area contributed by atoms with Crippen molar-refractivity contribution in [2.75, 3.05) is 23.3 Å². The molecule has 1 saturated heterocycles. The molecule has 6 heteroatoms. The molecule has 0 bridgehead atoms. The number of hydrogen-bond donors (Lipinski definition) is 1. The number of anilines is 2. The van der Waals surface area contributed by atoms with Crippen LogP contribution in [0.15, 0.2) is 65.3 Å². The van der Waals surface area contributed by atoms with Crippen molar-refractivity contribution in [3.63, 3.8) is 0 Å². The van der Waals surface area contributed by atoms with E-state index >= 15 is 0 Å². The van der Waals surface area contributed by atoms with Crippen LogP contribution in [0, 0.1) is 5.92 Å². The van der Waals surface area contributed by atoms with Gasteiger partial charge in [0, 0.05) is 30.1 Å². The Morgan fingerprint density at radius 2 is 1.75 bits per heavy atom. The van der Waals surface area contributed by atoms with Crippen molar-refractivity contribution in [2.45, 2.75) is 12.8 Å². The average Bonchev–Trinajstić information content (AvgIpc) is 3.13. The van der Waals surface area contributed by atoms with Crippen molar-refractivity contribution in [1.82, 2.24) is 9.97 Å². The van der Waals surface area contributed by atoms with E-state index in [0.717, 1.165) is 59.5 Å². The van der Waals surface area contributed by atoms with Crippen molar-refractivity contribution < 1.29 is 9.21 Å². The number of amides is 1. The van der Waals surface area contributed by atoms with Crippen molar-refractivity contribution in [3.8, 4) is 0 Å². The maximum absolute atomic E-state index is 12.6. The van der Waals surface area contributed by atoms with E-state index in [1.54, 1.807) is 6.33 Å². The van der Waals surface area contributed by atoms with Crippen LogP contribution in [-0.4, -0.2) is 29.0 Å². The molecule has 140 valence electrons. The molecule has 0 aliphatic carbocycles. The van der Waals surface area contributed by atoms with E-state index in [1.807, 2.05) is 54.6 Å². The van der Waals surface area contributed by atoms with Gasteiger partial charge in [0.05, 0.1) is 0 Å². The number of hydrogen-bond acceptors (Lipinski definition) is 5. The zero-order valence-corrected chi connectivity index (χ0v) is 15.3. The van der Waals surface area contributed by atoms with Gasteiger partial charge in [-0.3, -0.25) is 4.79 Å². The van der Waals surface area contributed by atoms with E-state index in [-0.39, 0.29) is 11.8 Å². The Bertz CT molecular complexity index is 1130. The third-order valence-corrected chi connectivity index (χ3v) is 5.35. The summed E-state index contributed by atoms with van der Waals surface area (Å²) in [6.45, 7) is 1.52. The molecule has 0 saturated carbocycles. The number of nitrogens with zero attached hydrogens (tertiary/aromatic N) is 3. The van der Waals surface area contributed by atoms with E-state index in [1.165, 1.54) is 0 Å². The molecule has 0 unspecified atom stereocenters. The minimum atomic E-state index is 0.00413. The topological polar surface area (TPSA) is 71.3 Å². The highest BCUT2D eigenvalue weighted by Crippen LogP contribution is 2.33. The summed E-state index contributed by atoms with van der Waals surface area (Å²) in [5, 5.41) is 4.01. The van der Waals surface area contributed by atoms with E-state index in [9.17, 15) is 4.79 Å². The average molecular weight is 372 g/mol. The predicted molar refractivity (Wildman–Crippen MR) is 109 cm³/mol. The van der Waals surface area contributed by atoms with Gasteiger partial charge in [-0.25, -0.2) is 9.97 Å². The number of aromatic nitrogens is 2. The number of nitrogens with one attached hydrogen (secondary N) is 1.